The van der Waals surface area contributed by atoms with Gasteiger partial charge in [0.1, 0.15) is 0 Å². The number of ketones is 2. The smallest absolute Gasteiger partial charge is 0.186 e. The molecule has 0 N–H and O–H groups in total. The minimum absolute atomic E-state index is 0.0163. The van der Waals surface area contributed by atoms with Gasteiger partial charge in [-0.25, -0.2) is 0 Å². The van der Waals surface area contributed by atoms with Crippen molar-refractivity contribution in [2.24, 2.45) is 0 Å². The first-order chi connectivity index (χ1) is 11.5. The second-order valence-electron chi connectivity index (χ2n) is 6.76. The van der Waals surface area contributed by atoms with Crippen molar-refractivity contribution in [1.82, 2.24) is 0 Å². The van der Waals surface area contributed by atoms with Crippen LogP contribution in [-0.4, -0.2) is 11.6 Å². The lowest BCUT2D eigenvalue weighted by Gasteiger charge is -2.26. The van der Waals surface area contributed by atoms with E-state index in [9.17, 15) is 9.59 Å². The van der Waals surface area contributed by atoms with Crippen LogP contribution < -0.4 is 0 Å². The molecule has 2 heteroatoms. The van der Waals surface area contributed by atoms with Crippen molar-refractivity contribution >= 4 is 11.6 Å². The molecule has 0 amide bonds. The molecule has 0 fully saturated rings. The van der Waals surface area contributed by atoms with Gasteiger partial charge >= 0.3 is 0 Å². The van der Waals surface area contributed by atoms with Gasteiger partial charge < -0.3 is 0 Å². The number of carbonyl (C=O) groups excluding carboxylic acids is 2. The average molecular weight is 324 g/mol. The Morgan fingerprint density at radius 2 is 1.42 bits per heavy atom. The Morgan fingerprint density at radius 3 is 2.04 bits per heavy atom. The summed E-state index contributed by atoms with van der Waals surface area (Å²) in [5.74, 6) is 0.0908. The molecule has 1 aliphatic carbocycles. The second kappa shape index (κ2) is 8.23. The number of benzene rings is 1. The first-order valence-electron chi connectivity index (χ1n) is 9.01. The molecule has 24 heavy (non-hydrogen) atoms. The van der Waals surface area contributed by atoms with Crippen LogP contribution >= 0.6 is 0 Å². The zero-order chi connectivity index (χ0) is 17.7. The van der Waals surface area contributed by atoms with E-state index in [1.54, 1.807) is 13.8 Å². The highest BCUT2D eigenvalue weighted by Gasteiger charge is 2.32. The van der Waals surface area contributed by atoms with E-state index in [1.165, 1.54) is 19.3 Å². The van der Waals surface area contributed by atoms with Gasteiger partial charge in [-0.1, -0.05) is 62.9 Å². The molecule has 0 aromatic heterocycles. The first kappa shape index (κ1) is 18.4. The molecule has 0 bridgehead atoms. The van der Waals surface area contributed by atoms with Crippen LogP contribution in [0.15, 0.2) is 52.6 Å². The standard InChI is InChI=1S/C22H28O2/c1-5-6-7-11-14-19(18-12-9-8-10-13-18)20-17(4)21(23)15(2)16(3)22(20)24/h8-10,12-13,19H,5-7,11,14H2,1-4H3/t19-/m1/s1. The van der Waals surface area contributed by atoms with E-state index >= 15 is 0 Å². The van der Waals surface area contributed by atoms with Gasteiger partial charge in [0, 0.05) is 28.2 Å². The van der Waals surface area contributed by atoms with E-state index < -0.39 is 0 Å². The summed E-state index contributed by atoms with van der Waals surface area (Å²) in [6, 6.07) is 10.1. The molecule has 0 heterocycles. The van der Waals surface area contributed by atoms with Gasteiger partial charge in [-0.2, -0.15) is 0 Å². The van der Waals surface area contributed by atoms with Crippen LogP contribution in [0.2, 0.25) is 0 Å². The molecule has 1 aromatic carbocycles. The Labute approximate surface area is 145 Å². The minimum Gasteiger partial charge on any atom is -0.289 e. The lowest BCUT2D eigenvalue weighted by atomic mass is 9.76. The van der Waals surface area contributed by atoms with Gasteiger partial charge in [-0.05, 0) is 32.8 Å². The van der Waals surface area contributed by atoms with Crippen LogP contribution in [0, 0.1) is 0 Å². The average Bonchev–Trinajstić information content (AvgIpc) is 2.61. The molecule has 128 valence electrons. The van der Waals surface area contributed by atoms with Gasteiger partial charge in [0.05, 0.1) is 0 Å². The van der Waals surface area contributed by atoms with Crippen LogP contribution in [-0.2, 0) is 9.59 Å². The molecule has 2 nitrogen and oxygen atoms in total. The number of allylic oxidation sites excluding steroid dienone is 4. The maximum Gasteiger partial charge on any atom is 0.186 e. The normalized spacial score (nSPS) is 16.8. The molecule has 0 unspecified atom stereocenters. The number of hydrogen-bond acceptors (Lipinski definition) is 2. The van der Waals surface area contributed by atoms with Crippen molar-refractivity contribution in [2.75, 3.05) is 0 Å². The Bertz CT molecular complexity index is 677. The van der Waals surface area contributed by atoms with E-state index in [-0.39, 0.29) is 17.5 Å². The molecular formula is C22H28O2. The quantitative estimate of drug-likeness (QED) is 0.487. The third-order valence-corrected chi connectivity index (χ3v) is 5.13. The van der Waals surface area contributed by atoms with E-state index in [0.29, 0.717) is 22.3 Å². The number of Topliss-reactive ketones (excluding diaryl/α,β-unsaturated/α-hetero) is 2. The maximum atomic E-state index is 12.9. The maximum absolute atomic E-state index is 12.9. The van der Waals surface area contributed by atoms with Crippen molar-refractivity contribution in [1.29, 1.82) is 0 Å². The van der Waals surface area contributed by atoms with E-state index in [4.69, 9.17) is 0 Å². The Balaban J connectivity index is 2.39. The molecular weight excluding hydrogens is 296 g/mol. The van der Waals surface area contributed by atoms with Crippen LogP contribution in [0.3, 0.4) is 0 Å². The van der Waals surface area contributed by atoms with Gasteiger partial charge in [0.15, 0.2) is 11.6 Å². The summed E-state index contributed by atoms with van der Waals surface area (Å²) in [6.45, 7) is 7.55. The molecule has 1 aliphatic rings. The zero-order valence-electron chi connectivity index (χ0n) is 15.3. The van der Waals surface area contributed by atoms with Crippen LogP contribution in [0.1, 0.15) is 71.3 Å². The summed E-state index contributed by atoms with van der Waals surface area (Å²) in [5.41, 5.74) is 3.68. The largest absolute Gasteiger partial charge is 0.289 e. The van der Waals surface area contributed by atoms with Crippen molar-refractivity contribution in [2.45, 2.75) is 65.7 Å². The summed E-state index contributed by atoms with van der Waals surface area (Å²) < 4.78 is 0. The number of hydrogen-bond donors (Lipinski definition) is 0. The number of unbranched alkanes of at least 4 members (excludes halogenated alkanes) is 3. The van der Waals surface area contributed by atoms with Gasteiger partial charge in [0.25, 0.3) is 0 Å². The molecule has 0 saturated carbocycles. The SMILES string of the molecule is CCCCCC[C@@H](C1=C(C)C(=O)C(C)=C(C)C1=O)c1ccccc1. The van der Waals surface area contributed by atoms with E-state index in [1.807, 2.05) is 25.1 Å². The Hall–Kier alpha value is -1.96. The monoisotopic (exact) mass is 324 g/mol. The molecule has 1 atom stereocenters. The molecule has 0 spiro atoms. The highest BCUT2D eigenvalue weighted by Crippen LogP contribution is 2.37. The fourth-order valence-corrected chi connectivity index (χ4v) is 3.47. The second-order valence-corrected chi connectivity index (χ2v) is 6.76. The van der Waals surface area contributed by atoms with E-state index in [2.05, 4.69) is 19.1 Å². The van der Waals surface area contributed by atoms with Gasteiger partial charge in [0.2, 0.25) is 0 Å². The van der Waals surface area contributed by atoms with Gasteiger partial charge in [-0.3, -0.25) is 9.59 Å². The molecule has 0 aliphatic heterocycles. The van der Waals surface area contributed by atoms with Crippen molar-refractivity contribution in [3.63, 3.8) is 0 Å². The highest BCUT2D eigenvalue weighted by molar-refractivity contribution is 6.25. The Kier molecular flexibility index (Phi) is 6.30. The number of carbonyl (C=O) groups is 2. The lowest BCUT2D eigenvalue weighted by Crippen LogP contribution is -2.24. The van der Waals surface area contributed by atoms with Crippen molar-refractivity contribution in [3.05, 3.63) is 58.2 Å². The third-order valence-electron chi connectivity index (χ3n) is 5.13. The first-order valence-corrected chi connectivity index (χ1v) is 9.01. The Morgan fingerprint density at radius 1 is 0.792 bits per heavy atom. The predicted octanol–water partition coefficient (Wildman–Crippen LogP) is 5.55. The highest BCUT2D eigenvalue weighted by atomic mass is 16.1. The van der Waals surface area contributed by atoms with Crippen LogP contribution in [0.25, 0.3) is 0 Å². The van der Waals surface area contributed by atoms with Crippen molar-refractivity contribution in [3.8, 4) is 0 Å². The molecule has 1 aromatic rings. The molecule has 0 radical (unpaired) electrons. The topological polar surface area (TPSA) is 34.1 Å². The van der Waals surface area contributed by atoms with Crippen molar-refractivity contribution < 1.29 is 9.59 Å². The third kappa shape index (κ3) is 3.75. The summed E-state index contributed by atoms with van der Waals surface area (Å²) in [7, 11) is 0. The molecule has 0 saturated heterocycles. The lowest BCUT2D eigenvalue weighted by molar-refractivity contribution is -0.116. The fourth-order valence-electron chi connectivity index (χ4n) is 3.47. The summed E-state index contributed by atoms with van der Waals surface area (Å²) in [4.78, 5) is 25.5. The van der Waals surface area contributed by atoms with Gasteiger partial charge in [-0.15, -0.1) is 0 Å². The van der Waals surface area contributed by atoms with Crippen LogP contribution in [0.4, 0.5) is 0 Å². The van der Waals surface area contributed by atoms with E-state index in [0.717, 1.165) is 18.4 Å². The summed E-state index contributed by atoms with van der Waals surface area (Å²) in [5, 5.41) is 0. The zero-order valence-corrected chi connectivity index (χ0v) is 15.3. The summed E-state index contributed by atoms with van der Waals surface area (Å²) >= 11 is 0. The number of rotatable bonds is 7. The fraction of sp³-hybridized carbons (Fsp3) is 0.455. The molecule has 2 rings (SSSR count). The van der Waals surface area contributed by atoms with Crippen LogP contribution in [0.5, 0.6) is 0 Å². The summed E-state index contributed by atoms with van der Waals surface area (Å²) in [6.07, 6.45) is 5.57. The predicted molar refractivity (Wildman–Crippen MR) is 99.0 cm³/mol. The minimum atomic E-state index is 0.0163.